The molecule has 1 aliphatic rings. The molecule has 0 heterocycles. The lowest BCUT2D eigenvalue weighted by Crippen LogP contribution is -2.13. The Morgan fingerprint density at radius 2 is 1.94 bits per heavy atom. The molecule has 0 aromatic heterocycles. The van der Waals surface area contributed by atoms with Gasteiger partial charge >= 0.3 is 0 Å². The summed E-state index contributed by atoms with van der Waals surface area (Å²) < 4.78 is 4.68. The number of hydrogen-bond donors (Lipinski definition) is 2. The van der Waals surface area contributed by atoms with Crippen LogP contribution >= 0.6 is 0 Å². The highest BCUT2D eigenvalue weighted by Gasteiger charge is 2.04. The number of nitrogens with zero attached hydrogens (tertiary/aromatic N) is 1. The van der Waals surface area contributed by atoms with Gasteiger partial charge in [-0.15, -0.1) is 0 Å². The molecule has 0 atom stereocenters. The largest absolute Gasteiger partial charge is 0.429 e. The standard InChI is InChI=1S/C13H11N3O2/c14-12-6-3-10(7-13(12)15)16-9-1-4-11(5-2-9)18-8-17/h1-8,14H,15H2. The molecule has 18 heavy (non-hydrogen) atoms. The van der Waals surface area contributed by atoms with E-state index < -0.39 is 0 Å². The number of rotatable bonds is 3. The van der Waals surface area contributed by atoms with Gasteiger partial charge < -0.3 is 10.5 Å². The fraction of sp³-hybridized carbons (Fsp3) is 0. The molecule has 0 spiro atoms. The molecule has 3 N–H and O–H groups in total. The Morgan fingerprint density at radius 1 is 1.22 bits per heavy atom. The molecule has 5 heteroatoms. The Morgan fingerprint density at radius 3 is 2.56 bits per heavy atom. The zero-order valence-electron chi connectivity index (χ0n) is 9.46. The molecule has 0 unspecified atom stereocenters. The lowest BCUT2D eigenvalue weighted by Gasteiger charge is -2.06. The van der Waals surface area contributed by atoms with Gasteiger partial charge in [-0.3, -0.25) is 10.2 Å². The van der Waals surface area contributed by atoms with Crippen LogP contribution in [0.3, 0.4) is 0 Å². The summed E-state index contributed by atoms with van der Waals surface area (Å²) in [5, 5.41) is 7.45. The second-order valence-corrected chi connectivity index (χ2v) is 3.59. The molecule has 1 aromatic rings. The zero-order valence-corrected chi connectivity index (χ0v) is 9.46. The summed E-state index contributed by atoms with van der Waals surface area (Å²) in [6.45, 7) is 0.375. The van der Waals surface area contributed by atoms with E-state index in [0.29, 0.717) is 29.3 Å². The maximum Gasteiger partial charge on any atom is 0.298 e. The van der Waals surface area contributed by atoms with Crippen molar-refractivity contribution in [1.82, 2.24) is 0 Å². The minimum Gasteiger partial charge on any atom is -0.429 e. The van der Waals surface area contributed by atoms with Crippen molar-refractivity contribution in [3.05, 3.63) is 48.2 Å². The predicted octanol–water partition coefficient (Wildman–Crippen LogP) is 1.73. The number of hydrogen-bond acceptors (Lipinski definition) is 5. The van der Waals surface area contributed by atoms with Crippen LogP contribution in [-0.4, -0.2) is 17.9 Å². The number of carbonyl (C=O) groups excluding carboxylic acids is 1. The third-order valence-electron chi connectivity index (χ3n) is 2.31. The number of nitrogens with one attached hydrogen (secondary N) is 1. The molecule has 0 fully saturated rings. The van der Waals surface area contributed by atoms with E-state index in [2.05, 4.69) is 9.73 Å². The molecule has 0 amide bonds. The van der Waals surface area contributed by atoms with Crippen molar-refractivity contribution in [1.29, 1.82) is 5.41 Å². The second-order valence-electron chi connectivity index (χ2n) is 3.59. The van der Waals surface area contributed by atoms with Gasteiger partial charge in [0.2, 0.25) is 0 Å². The van der Waals surface area contributed by atoms with Gasteiger partial charge in [0.05, 0.1) is 22.8 Å². The summed E-state index contributed by atoms with van der Waals surface area (Å²) in [5.41, 5.74) is 7.69. The fourth-order valence-corrected chi connectivity index (χ4v) is 1.42. The average molecular weight is 241 g/mol. The molecular weight excluding hydrogens is 230 g/mol. The van der Waals surface area contributed by atoms with Gasteiger partial charge in [-0.25, -0.2) is 4.99 Å². The van der Waals surface area contributed by atoms with Crippen molar-refractivity contribution < 1.29 is 9.53 Å². The van der Waals surface area contributed by atoms with E-state index >= 15 is 0 Å². The molecule has 0 saturated carbocycles. The monoisotopic (exact) mass is 241 g/mol. The predicted molar refractivity (Wildman–Crippen MR) is 69.4 cm³/mol. The van der Waals surface area contributed by atoms with Crippen LogP contribution in [0.2, 0.25) is 0 Å². The van der Waals surface area contributed by atoms with Gasteiger partial charge in [-0.05, 0) is 42.5 Å². The quantitative estimate of drug-likeness (QED) is 0.623. The zero-order chi connectivity index (χ0) is 13.0. The van der Waals surface area contributed by atoms with E-state index in [1.54, 1.807) is 42.5 Å². The number of nitrogens with two attached hydrogens (primary N) is 1. The van der Waals surface area contributed by atoms with E-state index in [1.807, 2.05) is 0 Å². The first-order valence-electron chi connectivity index (χ1n) is 5.22. The van der Waals surface area contributed by atoms with E-state index in [9.17, 15) is 4.79 Å². The Bertz CT molecular complexity index is 568. The maximum absolute atomic E-state index is 10.1. The SMILES string of the molecule is N=C1C=CC(=Nc2ccc(OC=O)cc2)C=C1N. The number of carbonyl (C=O) groups is 1. The van der Waals surface area contributed by atoms with Crippen molar-refractivity contribution >= 4 is 23.6 Å². The minimum absolute atomic E-state index is 0.281. The maximum atomic E-state index is 10.1. The van der Waals surface area contributed by atoms with Crippen molar-refractivity contribution in [3.63, 3.8) is 0 Å². The van der Waals surface area contributed by atoms with E-state index in [-0.39, 0.29) is 5.71 Å². The lowest BCUT2D eigenvalue weighted by atomic mass is 10.1. The molecule has 0 radical (unpaired) electrons. The summed E-state index contributed by atoms with van der Waals surface area (Å²) >= 11 is 0. The van der Waals surface area contributed by atoms with Crippen LogP contribution in [0.4, 0.5) is 5.69 Å². The Labute approximate surface area is 104 Å². The van der Waals surface area contributed by atoms with Crippen LogP contribution in [-0.2, 0) is 4.79 Å². The molecule has 0 saturated heterocycles. The number of benzene rings is 1. The first-order valence-corrected chi connectivity index (χ1v) is 5.22. The van der Waals surface area contributed by atoms with Gasteiger partial charge in [0.15, 0.2) is 0 Å². The van der Waals surface area contributed by atoms with Gasteiger partial charge in [0, 0.05) is 0 Å². The van der Waals surface area contributed by atoms with Crippen LogP contribution in [0.1, 0.15) is 0 Å². The molecular formula is C13H11N3O2. The molecule has 1 aromatic carbocycles. The fourth-order valence-electron chi connectivity index (χ4n) is 1.42. The Hall–Kier alpha value is -2.69. The van der Waals surface area contributed by atoms with Crippen LogP contribution in [0.15, 0.2) is 53.2 Å². The highest BCUT2D eigenvalue weighted by molar-refractivity contribution is 6.20. The first-order chi connectivity index (χ1) is 8.69. The summed E-state index contributed by atoms with van der Waals surface area (Å²) in [6.07, 6.45) is 4.95. The third kappa shape index (κ3) is 2.70. The van der Waals surface area contributed by atoms with Gasteiger partial charge in [0.25, 0.3) is 6.47 Å². The molecule has 0 bridgehead atoms. The number of allylic oxidation sites excluding steroid dienone is 3. The normalized spacial score (nSPS) is 16.6. The molecule has 90 valence electrons. The number of ether oxygens (including phenoxy) is 1. The highest BCUT2D eigenvalue weighted by Crippen LogP contribution is 2.18. The molecule has 1 aliphatic carbocycles. The van der Waals surface area contributed by atoms with E-state index in [4.69, 9.17) is 11.1 Å². The minimum atomic E-state index is 0.281. The van der Waals surface area contributed by atoms with Crippen LogP contribution in [0, 0.1) is 5.41 Å². The number of aliphatic imine (C=N–C) groups is 1. The first kappa shape index (κ1) is 11.8. The van der Waals surface area contributed by atoms with Crippen LogP contribution in [0.25, 0.3) is 0 Å². The molecule has 5 nitrogen and oxygen atoms in total. The topological polar surface area (TPSA) is 88.5 Å². The average Bonchev–Trinajstić information content (AvgIpc) is 2.37. The Kier molecular flexibility index (Phi) is 3.33. The van der Waals surface area contributed by atoms with Crippen molar-refractivity contribution in [3.8, 4) is 5.75 Å². The lowest BCUT2D eigenvalue weighted by molar-refractivity contribution is -0.120. The molecule has 0 aliphatic heterocycles. The summed E-state index contributed by atoms with van der Waals surface area (Å²) in [4.78, 5) is 14.5. The van der Waals surface area contributed by atoms with Gasteiger partial charge in [-0.2, -0.15) is 0 Å². The summed E-state index contributed by atoms with van der Waals surface area (Å²) in [7, 11) is 0. The summed E-state index contributed by atoms with van der Waals surface area (Å²) in [6, 6.07) is 6.75. The van der Waals surface area contributed by atoms with E-state index in [1.165, 1.54) is 0 Å². The van der Waals surface area contributed by atoms with Crippen LogP contribution < -0.4 is 10.5 Å². The van der Waals surface area contributed by atoms with Gasteiger partial charge in [-0.1, -0.05) is 0 Å². The van der Waals surface area contributed by atoms with Crippen molar-refractivity contribution in [2.75, 3.05) is 0 Å². The van der Waals surface area contributed by atoms with Crippen molar-refractivity contribution in [2.45, 2.75) is 0 Å². The second kappa shape index (κ2) is 5.09. The van der Waals surface area contributed by atoms with Crippen LogP contribution in [0.5, 0.6) is 5.75 Å². The van der Waals surface area contributed by atoms with Gasteiger partial charge in [0.1, 0.15) is 5.75 Å². The third-order valence-corrected chi connectivity index (χ3v) is 2.31. The van der Waals surface area contributed by atoms with Crippen molar-refractivity contribution in [2.24, 2.45) is 10.7 Å². The highest BCUT2D eigenvalue weighted by atomic mass is 16.5. The van der Waals surface area contributed by atoms with E-state index in [0.717, 1.165) is 0 Å². The summed E-state index contributed by atoms with van der Waals surface area (Å²) in [5.74, 6) is 0.463. The molecule has 2 rings (SSSR count). The smallest absolute Gasteiger partial charge is 0.298 e. The Balaban J connectivity index is 2.21.